The first-order valence-electron chi connectivity index (χ1n) is 51.2. The molecule has 4 heterocycles. The van der Waals surface area contributed by atoms with Gasteiger partial charge in [-0.2, -0.15) is 0 Å². The van der Waals surface area contributed by atoms with Gasteiger partial charge in [0.1, 0.15) is 11.6 Å². The number of carbonyl (C=O) groups excluding carboxylic acids is 5. The van der Waals surface area contributed by atoms with E-state index >= 15 is 0 Å². The molecule has 4 radical (unpaired) electrons. The van der Waals surface area contributed by atoms with Crippen LogP contribution in [0.15, 0.2) is 205 Å². The van der Waals surface area contributed by atoms with Crippen LogP contribution in [0.2, 0.25) is 0 Å². The number of aryl methyl sites for hydroxylation is 11. The SMILES string of the molecule is CCC(CC)C(=O)C=C(O)C(CC)CC.CCC(CC)C(=O)C=C(O)C(CC)CC.CCC(CC)C(=O)C=C(O)C(CC)CC.CCC(CC)C(=O)CC(=O)C(CC)CC.Cc1[c-]c(-c2ccc3c(C(C)C)cccc3n2)cc(C)c1.Cc1[c-]c(-c2ccc3c(C)cc(C)cc3n2)cc(C)c1.Cc1[c-]c(-c2ccc3c(C)cccc3n2)cc(C)c1.Cc1[c-]c(-c2ccc3ccccc3n2)cc(C)c1.[Ir].[Ir].[Ir].[Ir]. The van der Waals surface area contributed by atoms with E-state index < -0.39 is 0 Å². The average Bonchev–Trinajstić information content (AvgIpc) is 0.825. The van der Waals surface area contributed by atoms with Crippen LogP contribution in [0.4, 0.5) is 0 Å². The monoisotopic (exact) mass is 2630 g/mol. The van der Waals surface area contributed by atoms with E-state index in [1.54, 1.807) is 0 Å². The van der Waals surface area contributed by atoms with Crippen LogP contribution in [0.1, 0.15) is 306 Å². The van der Waals surface area contributed by atoms with Gasteiger partial charge in [-0.3, -0.25) is 43.9 Å². The molecule has 0 saturated heterocycles. The summed E-state index contributed by atoms with van der Waals surface area (Å²) in [5.74, 6) is 2.60. The summed E-state index contributed by atoms with van der Waals surface area (Å²) in [5.41, 5.74) is 27.2. The largest absolute Gasteiger partial charge is 0.512 e. The number of rotatable bonds is 34. The van der Waals surface area contributed by atoms with Crippen LogP contribution in [0, 0.1) is 148 Å². The van der Waals surface area contributed by atoms with E-state index in [0.717, 1.165) is 192 Å². The number of allylic oxidation sites excluding steroid dienone is 6. The van der Waals surface area contributed by atoms with Crippen molar-refractivity contribution in [1.82, 2.24) is 19.9 Å². The fraction of sp³-hybridized carbons (Fsp3) is 0.437. The standard InChI is InChI=1S/C20H20N.C19H18N.C18H16N.C17H14N.4C13H24O2.4Ir/c1-13(2)17-6-5-7-20-18(17)8-9-19(21-20)16-11-14(3)10-15(4)12-16;1-12-7-13(2)10-16(9-12)18-6-5-17-15(4)8-14(3)11-19(17)20-18;1-12-9-13(2)11-15(10-12)17-8-7-16-14(3)5-4-6-18(16)19-17;1-12-9-13(2)11-15(10-12)17-8-7-14-5-3-4-6-16(14)18-17;4*1-5-10(6-2)12(14)9-13(15)11(7-3)8-4;;;;/h5-11,13H,1-4H3;5-9,11H,1-4H3;4-10H,1-3H3;3-10H,1-2H3;10-11H,5-9H2,1-4H3;3*9-11,14H,5-8H2,1-4H3;;;;/q4*-1;;;;;;;;. The minimum atomic E-state index is 0. The first kappa shape index (κ1) is 131. The second-order valence-electron chi connectivity index (χ2n) is 37.5. The van der Waals surface area contributed by atoms with Gasteiger partial charge in [-0.1, -0.05) is 277 Å². The van der Waals surface area contributed by atoms with Crippen molar-refractivity contribution in [2.75, 3.05) is 0 Å². The van der Waals surface area contributed by atoms with Gasteiger partial charge in [0.25, 0.3) is 0 Å². The molecule has 776 valence electrons. The van der Waals surface area contributed by atoms with E-state index in [4.69, 9.17) is 19.9 Å². The number of aliphatic hydroxyl groups excluding tert-OH is 3. The number of carbonyl (C=O) groups is 5. The van der Waals surface area contributed by atoms with E-state index in [-0.39, 0.29) is 180 Å². The van der Waals surface area contributed by atoms with E-state index in [9.17, 15) is 39.3 Å². The van der Waals surface area contributed by atoms with Crippen molar-refractivity contribution in [2.45, 2.75) is 316 Å². The van der Waals surface area contributed by atoms with Gasteiger partial charge >= 0.3 is 0 Å². The van der Waals surface area contributed by atoms with E-state index in [1.165, 1.54) is 84.3 Å². The third-order valence-corrected chi connectivity index (χ3v) is 26.3. The van der Waals surface area contributed by atoms with Gasteiger partial charge in [-0.25, -0.2) is 0 Å². The van der Waals surface area contributed by atoms with Gasteiger partial charge in [0, 0.05) is 162 Å². The summed E-state index contributed by atoms with van der Waals surface area (Å²) in [6.45, 7) is 59.8. The average molecular weight is 2630 g/mol. The number of benzene rings is 8. The Morgan fingerprint density at radius 2 is 0.542 bits per heavy atom. The molecule has 142 heavy (non-hydrogen) atoms. The van der Waals surface area contributed by atoms with Crippen molar-refractivity contribution in [1.29, 1.82) is 0 Å². The first-order valence-corrected chi connectivity index (χ1v) is 51.2. The number of aliphatic hydroxyl groups is 3. The van der Waals surface area contributed by atoms with Crippen LogP contribution in [-0.2, 0) is 104 Å². The smallest absolute Gasteiger partial charge is 0.162 e. The zero-order valence-corrected chi connectivity index (χ0v) is 100. The van der Waals surface area contributed by atoms with Crippen molar-refractivity contribution < 1.29 is 120 Å². The molecular formula is C126H164Ir4N4O8-4. The third-order valence-electron chi connectivity index (χ3n) is 26.3. The Balaban J connectivity index is 0.000000812. The molecule has 0 unspecified atom stereocenters. The van der Waals surface area contributed by atoms with Gasteiger partial charge in [-0.15, -0.1) is 140 Å². The minimum Gasteiger partial charge on any atom is -0.512 e. The molecular weight excluding hydrogens is 2470 g/mol. The molecule has 3 N–H and O–H groups in total. The Labute approximate surface area is 909 Å². The fourth-order valence-electron chi connectivity index (χ4n) is 17.7. The predicted octanol–water partition coefficient (Wildman–Crippen LogP) is 34.3. The second-order valence-corrected chi connectivity index (χ2v) is 37.5. The Bertz CT molecular complexity index is 5780. The van der Waals surface area contributed by atoms with Gasteiger partial charge in [-0.05, 0) is 204 Å². The zero-order valence-electron chi connectivity index (χ0n) is 90.6. The molecule has 0 fully saturated rings. The first-order chi connectivity index (χ1) is 65.8. The summed E-state index contributed by atoms with van der Waals surface area (Å²) < 4.78 is 0. The second kappa shape index (κ2) is 68.4. The van der Waals surface area contributed by atoms with Crippen LogP contribution in [0.5, 0.6) is 0 Å². The van der Waals surface area contributed by atoms with Crippen LogP contribution in [-0.4, -0.2) is 64.2 Å². The number of fused-ring (bicyclic) bond motifs is 4. The molecule has 0 atom stereocenters. The summed E-state index contributed by atoms with van der Waals surface area (Å²) >= 11 is 0. The summed E-state index contributed by atoms with van der Waals surface area (Å²) in [5, 5.41) is 34.1. The van der Waals surface area contributed by atoms with Crippen LogP contribution in [0.3, 0.4) is 0 Å². The Morgan fingerprint density at radius 3 is 0.859 bits per heavy atom. The molecule has 0 saturated carbocycles. The molecule has 0 spiro atoms. The van der Waals surface area contributed by atoms with Crippen molar-refractivity contribution in [3.05, 3.63) is 296 Å². The van der Waals surface area contributed by atoms with Gasteiger partial charge in [0.2, 0.25) is 0 Å². The molecule has 0 bridgehead atoms. The molecule has 0 aliphatic rings. The molecule has 0 aliphatic carbocycles. The van der Waals surface area contributed by atoms with Gasteiger partial charge < -0.3 is 15.3 Å². The maximum absolute atomic E-state index is 11.7. The number of pyridine rings is 4. The normalized spacial score (nSPS) is 11.2. The topological polar surface area (TPSA) is 198 Å². The molecule has 12 aromatic rings. The number of aromatic nitrogens is 4. The van der Waals surface area contributed by atoms with E-state index in [0.29, 0.717) is 5.92 Å². The van der Waals surface area contributed by atoms with Crippen molar-refractivity contribution >= 4 is 72.5 Å². The molecule has 4 aromatic heterocycles. The molecule has 12 nitrogen and oxygen atoms in total. The maximum Gasteiger partial charge on any atom is 0.162 e. The fourth-order valence-corrected chi connectivity index (χ4v) is 17.7. The Kier molecular flexibility index (Phi) is 63.1. The van der Waals surface area contributed by atoms with E-state index in [2.05, 4.69) is 266 Å². The van der Waals surface area contributed by atoms with Crippen molar-refractivity contribution in [2.24, 2.45) is 47.3 Å². The number of Topliss-reactive ketones (excluding diaryl/α,β-unsaturated/α-hetero) is 2. The minimum absolute atomic E-state index is 0. The molecule has 8 aromatic carbocycles. The third kappa shape index (κ3) is 41.8. The zero-order chi connectivity index (χ0) is 103. The van der Waals surface area contributed by atoms with E-state index in [1.807, 2.05) is 129 Å². The number of hydrogen-bond donors (Lipinski definition) is 3. The quantitative estimate of drug-likeness (QED) is 0.0150. The van der Waals surface area contributed by atoms with Crippen LogP contribution < -0.4 is 0 Å². The Hall–Kier alpha value is -9.03. The van der Waals surface area contributed by atoms with Crippen LogP contribution >= 0.6 is 0 Å². The van der Waals surface area contributed by atoms with Gasteiger partial charge in [0.15, 0.2) is 17.3 Å². The number of para-hydroxylation sites is 1. The summed E-state index contributed by atoms with van der Waals surface area (Å²) in [6.07, 6.45) is 18.3. The molecule has 0 aliphatic heterocycles. The molecule has 16 heteroatoms. The summed E-state index contributed by atoms with van der Waals surface area (Å²) in [4.78, 5) is 77.7. The Morgan fingerprint density at radius 1 is 0.275 bits per heavy atom. The number of hydrogen-bond acceptors (Lipinski definition) is 12. The van der Waals surface area contributed by atoms with Crippen LogP contribution in [0.25, 0.3) is 88.6 Å². The summed E-state index contributed by atoms with van der Waals surface area (Å²) in [7, 11) is 0. The number of nitrogens with zero attached hydrogens (tertiary/aromatic N) is 4. The number of ketones is 5. The molecule has 12 rings (SSSR count). The summed E-state index contributed by atoms with van der Waals surface area (Å²) in [6, 6.07) is 72.8. The van der Waals surface area contributed by atoms with Crippen molar-refractivity contribution in [3.63, 3.8) is 0 Å². The van der Waals surface area contributed by atoms with Crippen molar-refractivity contribution in [3.8, 4) is 45.0 Å². The van der Waals surface area contributed by atoms with Gasteiger partial charge in [0.05, 0.1) is 45.8 Å². The maximum atomic E-state index is 11.7. The predicted molar refractivity (Wildman–Crippen MR) is 585 cm³/mol. The molecule has 0 amide bonds.